The molecule has 0 bridgehead atoms. The van der Waals surface area contributed by atoms with Gasteiger partial charge in [0.25, 0.3) is 5.91 Å². The summed E-state index contributed by atoms with van der Waals surface area (Å²) in [6.07, 6.45) is 1.57. The fourth-order valence-electron chi connectivity index (χ4n) is 3.32. The van der Waals surface area contributed by atoms with Crippen molar-refractivity contribution in [2.75, 3.05) is 41.3 Å². The van der Waals surface area contributed by atoms with Gasteiger partial charge in [0, 0.05) is 37.4 Å². The highest BCUT2D eigenvalue weighted by molar-refractivity contribution is 6.04. The van der Waals surface area contributed by atoms with Crippen molar-refractivity contribution < 1.29 is 13.6 Å². The molecule has 0 aliphatic carbocycles. The standard InChI is InChI=1S/C22H20F2N4O/c23-19-8-6-16(14-20(19)24)22(29)26-17-7-9-21(25-15-17)28-12-10-27(11-13-28)18-4-2-1-3-5-18/h1-9,14-15H,10-13H2,(H,26,29). The SMILES string of the molecule is O=C(Nc1ccc(N2CCN(c3ccccc3)CC2)nc1)c1ccc(F)c(F)c1. The lowest BCUT2D eigenvalue weighted by molar-refractivity contribution is 0.102. The van der Waals surface area contributed by atoms with E-state index in [9.17, 15) is 13.6 Å². The number of benzene rings is 2. The summed E-state index contributed by atoms with van der Waals surface area (Å²) in [5.74, 6) is -1.72. The third-order valence-electron chi connectivity index (χ3n) is 4.91. The number of nitrogens with one attached hydrogen (secondary N) is 1. The highest BCUT2D eigenvalue weighted by Gasteiger charge is 2.18. The Morgan fingerprint density at radius 2 is 1.59 bits per heavy atom. The van der Waals surface area contributed by atoms with Crippen molar-refractivity contribution >= 4 is 23.1 Å². The molecule has 1 saturated heterocycles. The molecular weight excluding hydrogens is 374 g/mol. The second-order valence-electron chi connectivity index (χ2n) is 6.80. The number of para-hydroxylation sites is 1. The van der Waals surface area contributed by atoms with Crippen molar-refractivity contribution in [2.24, 2.45) is 0 Å². The number of anilines is 3. The molecule has 2 heterocycles. The predicted octanol–water partition coefficient (Wildman–Crippen LogP) is 3.94. The summed E-state index contributed by atoms with van der Waals surface area (Å²) in [7, 11) is 0. The number of nitrogens with zero attached hydrogens (tertiary/aromatic N) is 3. The summed E-state index contributed by atoms with van der Waals surface area (Å²) in [4.78, 5) is 21.2. The number of carbonyl (C=O) groups is 1. The van der Waals surface area contributed by atoms with Crippen LogP contribution in [0.15, 0.2) is 66.9 Å². The maximum absolute atomic E-state index is 13.3. The topological polar surface area (TPSA) is 48.5 Å². The molecule has 7 heteroatoms. The zero-order valence-corrected chi connectivity index (χ0v) is 15.7. The van der Waals surface area contributed by atoms with Crippen LogP contribution in [0.3, 0.4) is 0 Å². The van der Waals surface area contributed by atoms with E-state index in [1.165, 1.54) is 11.8 Å². The van der Waals surface area contributed by atoms with Crippen LogP contribution >= 0.6 is 0 Å². The zero-order valence-electron chi connectivity index (χ0n) is 15.7. The molecular formula is C22H20F2N4O. The van der Waals surface area contributed by atoms with Gasteiger partial charge in [-0.2, -0.15) is 0 Å². The second-order valence-corrected chi connectivity index (χ2v) is 6.80. The predicted molar refractivity (Wildman–Crippen MR) is 109 cm³/mol. The van der Waals surface area contributed by atoms with Crippen LogP contribution in [0.25, 0.3) is 0 Å². The normalized spacial score (nSPS) is 14.0. The van der Waals surface area contributed by atoms with Gasteiger partial charge >= 0.3 is 0 Å². The number of hydrogen-bond acceptors (Lipinski definition) is 4. The van der Waals surface area contributed by atoms with E-state index in [2.05, 4.69) is 32.2 Å². The molecule has 0 atom stereocenters. The first-order valence-electron chi connectivity index (χ1n) is 9.37. The second kappa shape index (κ2) is 8.26. The van der Waals surface area contributed by atoms with Gasteiger partial charge in [-0.1, -0.05) is 18.2 Å². The lowest BCUT2D eigenvalue weighted by Gasteiger charge is -2.36. The third-order valence-corrected chi connectivity index (χ3v) is 4.91. The Morgan fingerprint density at radius 3 is 2.24 bits per heavy atom. The van der Waals surface area contributed by atoms with E-state index in [1.54, 1.807) is 12.3 Å². The van der Waals surface area contributed by atoms with Crippen molar-refractivity contribution in [2.45, 2.75) is 0 Å². The van der Waals surface area contributed by atoms with E-state index >= 15 is 0 Å². The smallest absolute Gasteiger partial charge is 0.255 e. The van der Waals surface area contributed by atoms with Crippen LogP contribution in [0.5, 0.6) is 0 Å². The molecule has 2 aromatic carbocycles. The minimum absolute atomic E-state index is 0.0463. The summed E-state index contributed by atoms with van der Waals surface area (Å²) in [5, 5.41) is 2.65. The number of aromatic nitrogens is 1. The van der Waals surface area contributed by atoms with Crippen molar-refractivity contribution in [1.29, 1.82) is 0 Å². The van der Waals surface area contributed by atoms with Gasteiger partial charge in [-0.15, -0.1) is 0 Å². The molecule has 0 radical (unpaired) electrons. The molecule has 0 unspecified atom stereocenters. The monoisotopic (exact) mass is 394 g/mol. The highest BCUT2D eigenvalue weighted by Crippen LogP contribution is 2.20. The van der Waals surface area contributed by atoms with E-state index in [-0.39, 0.29) is 5.56 Å². The fourth-order valence-corrected chi connectivity index (χ4v) is 3.32. The summed E-state index contributed by atoms with van der Waals surface area (Å²) in [6.45, 7) is 3.51. The van der Waals surface area contributed by atoms with Gasteiger partial charge in [0.05, 0.1) is 11.9 Å². The number of piperazine rings is 1. The van der Waals surface area contributed by atoms with Gasteiger partial charge in [-0.05, 0) is 42.5 Å². The van der Waals surface area contributed by atoms with Crippen LogP contribution < -0.4 is 15.1 Å². The van der Waals surface area contributed by atoms with E-state index in [0.29, 0.717) is 5.69 Å². The van der Waals surface area contributed by atoms with Crippen molar-refractivity contribution in [1.82, 2.24) is 4.98 Å². The maximum Gasteiger partial charge on any atom is 0.255 e. The Hall–Kier alpha value is -3.48. The molecule has 4 rings (SSSR count). The molecule has 29 heavy (non-hydrogen) atoms. The number of carbonyl (C=O) groups excluding carboxylic acids is 1. The van der Waals surface area contributed by atoms with Crippen molar-refractivity contribution in [3.05, 3.63) is 84.1 Å². The molecule has 1 fully saturated rings. The Bertz CT molecular complexity index is 987. The van der Waals surface area contributed by atoms with Gasteiger partial charge in [0.1, 0.15) is 5.82 Å². The fraction of sp³-hybridized carbons (Fsp3) is 0.182. The largest absolute Gasteiger partial charge is 0.368 e. The van der Waals surface area contributed by atoms with Gasteiger partial charge in [-0.3, -0.25) is 4.79 Å². The van der Waals surface area contributed by atoms with E-state index < -0.39 is 17.5 Å². The average molecular weight is 394 g/mol. The minimum atomic E-state index is -1.05. The average Bonchev–Trinajstić information content (AvgIpc) is 2.77. The summed E-state index contributed by atoms with van der Waals surface area (Å²) >= 11 is 0. The van der Waals surface area contributed by atoms with Crippen molar-refractivity contribution in [3.63, 3.8) is 0 Å². The highest BCUT2D eigenvalue weighted by atomic mass is 19.2. The summed E-state index contributed by atoms with van der Waals surface area (Å²) < 4.78 is 26.3. The van der Waals surface area contributed by atoms with Crippen LogP contribution in [0.2, 0.25) is 0 Å². The van der Waals surface area contributed by atoms with Crippen LogP contribution in [0.1, 0.15) is 10.4 Å². The molecule has 1 N–H and O–H groups in total. The van der Waals surface area contributed by atoms with E-state index in [4.69, 9.17) is 0 Å². The quantitative estimate of drug-likeness (QED) is 0.728. The van der Waals surface area contributed by atoms with E-state index in [0.717, 1.165) is 44.1 Å². The van der Waals surface area contributed by atoms with E-state index in [1.807, 2.05) is 24.3 Å². The zero-order chi connectivity index (χ0) is 20.2. The number of pyridine rings is 1. The molecule has 148 valence electrons. The van der Waals surface area contributed by atoms with Crippen molar-refractivity contribution in [3.8, 4) is 0 Å². The van der Waals surface area contributed by atoms with Crippen LogP contribution in [0, 0.1) is 11.6 Å². The molecule has 0 saturated carbocycles. The Labute approximate surface area is 167 Å². The Kier molecular flexibility index (Phi) is 5.37. The molecule has 5 nitrogen and oxygen atoms in total. The summed E-state index contributed by atoms with van der Waals surface area (Å²) in [6, 6.07) is 16.9. The molecule has 1 amide bonds. The lowest BCUT2D eigenvalue weighted by atomic mass is 10.2. The molecule has 1 aliphatic rings. The van der Waals surface area contributed by atoms with Gasteiger partial charge in [-0.25, -0.2) is 13.8 Å². The maximum atomic E-state index is 13.3. The van der Waals surface area contributed by atoms with Crippen LogP contribution in [0.4, 0.5) is 26.0 Å². The Morgan fingerprint density at radius 1 is 0.862 bits per heavy atom. The first-order chi connectivity index (χ1) is 14.1. The van der Waals surface area contributed by atoms with Crippen LogP contribution in [-0.2, 0) is 0 Å². The van der Waals surface area contributed by atoms with Crippen LogP contribution in [-0.4, -0.2) is 37.1 Å². The number of hydrogen-bond donors (Lipinski definition) is 1. The third kappa shape index (κ3) is 4.34. The Balaban J connectivity index is 1.36. The van der Waals surface area contributed by atoms with Gasteiger partial charge in [0.2, 0.25) is 0 Å². The first-order valence-corrected chi connectivity index (χ1v) is 9.37. The minimum Gasteiger partial charge on any atom is -0.368 e. The number of rotatable bonds is 4. The number of amides is 1. The molecule has 3 aromatic rings. The lowest BCUT2D eigenvalue weighted by Crippen LogP contribution is -2.46. The molecule has 0 spiro atoms. The molecule has 1 aliphatic heterocycles. The molecule has 1 aromatic heterocycles. The summed E-state index contributed by atoms with van der Waals surface area (Å²) in [5.41, 5.74) is 1.76. The number of halogens is 2. The van der Waals surface area contributed by atoms with Gasteiger partial charge < -0.3 is 15.1 Å². The first kappa shape index (κ1) is 18.9. The van der Waals surface area contributed by atoms with Gasteiger partial charge in [0.15, 0.2) is 11.6 Å².